The largest absolute Gasteiger partial charge is 0.375 e. The molecule has 1 aromatic carbocycles. The summed E-state index contributed by atoms with van der Waals surface area (Å²) in [6, 6.07) is 4.60. The quantitative estimate of drug-likeness (QED) is 0.769. The molecule has 0 unspecified atom stereocenters. The number of piperazine rings is 1. The second-order valence-corrected chi connectivity index (χ2v) is 6.45. The van der Waals surface area contributed by atoms with Crippen LogP contribution in [0.25, 0.3) is 0 Å². The van der Waals surface area contributed by atoms with E-state index >= 15 is 0 Å². The Labute approximate surface area is 144 Å². The van der Waals surface area contributed by atoms with Gasteiger partial charge in [0.25, 0.3) is 5.91 Å². The Bertz CT molecular complexity index is 542. The number of benzene rings is 1. The smallest absolute Gasteiger partial charge is 0.251 e. The lowest BCUT2D eigenvalue weighted by molar-refractivity contribution is 0.0948. The third-order valence-corrected chi connectivity index (χ3v) is 4.54. The van der Waals surface area contributed by atoms with Gasteiger partial charge in [-0.25, -0.2) is 4.39 Å². The van der Waals surface area contributed by atoms with E-state index in [0.29, 0.717) is 17.8 Å². The molecule has 1 fully saturated rings. The number of nitrogens with one attached hydrogen (secondary N) is 1. The molecule has 0 radical (unpaired) electrons. The minimum absolute atomic E-state index is 0.213. The van der Waals surface area contributed by atoms with E-state index in [0.717, 1.165) is 45.7 Å². The molecule has 6 heteroatoms. The van der Waals surface area contributed by atoms with Crippen molar-refractivity contribution >= 4 is 11.6 Å². The van der Waals surface area contributed by atoms with Gasteiger partial charge in [0.2, 0.25) is 0 Å². The van der Waals surface area contributed by atoms with Crippen molar-refractivity contribution in [2.24, 2.45) is 0 Å². The van der Waals surface area contributed by atoms with Crippen LogP contribution in [-0.2, 0) is 0 Å². The summed E-state index contributed by atoms with van der Waals surface area (Å²) in [5.41, 5.74) is 0.854. The Hall–Kier alpha value is -1.66. The van der Waals surface area contributed by atoms with Gasteiger partial charge < -0.3 is 20.0 Å². The molecule has 1 aliphatic heterocycles. The van der Waals surface area contributed by atoms with Crippen molar-refractivity contribution in [2.75, 3.05) is 64.8 Å². The number of carbonyl (C=O) groups is 1. The number of hydrogen-bond donors (Lipinski definition) is 1. The lowest BCUT2D eigenvalue weighted by Crippen LogP contribution is -2.46. The van der Waals surface area contributed by atoms with Crippen LogP contribution in [0.4, 0.5) is 10.1 Å². The summed E-state index contributed by atoms with van der Waals surface area (Å²) >= 11 is 0. The first-order valence-corrected chi connectivity index (χ1v) is 8.71. The minimum atomic E-state index is -0.374. The number of halogens is 1. The first-order valence-electron chi connectivity index (χ1n) is 8.71. The molecule has 1 aromatic rings. The Morgan fingerprint density at radius 3 is 2.46 bits per heavy atom. The van der Waals surface area contributed by atoms with Gasteiger partial charge in [0.1, 0.15) is 5.82 Å². The van der Waals surface area contributed by atoms with E-state index in [1.165, 1.54) is 6.07 Å². The molecule has 1 saturated heterocycles. The summed E-state index contributed by atoms with van der Waals surface area (Å²) in [6.45, 7) is 9.36. The number of hydrogen-bond acceptors (Lipinski definition) is 4. The molecule has 1 aliphatic rings. The summed E-state index contributed by atoms with van der Waals surface area (Å²) in [5.74, 6) is -0.587. The SMILES string of the molecule is CCN1CCN(CCCNC(=O)c2ccc(N(C)C)c(F)c2)CC1. The van der Waals surface area contributed by atoms with Crippen LogP contribution in [0.15, 0.2) is 18.2 Å². The number of nitrogens with zero attached hydrogens (tertiary/aromatic N) is 3. The second kappa shape index (κ2) is 8.99. The molecule has 134 valence electrons. The van der Waals surface area contributed by atoms with Crippen LogP contribution in [0.2, 0.25) is 0 Å². The molecule has 24 heavy (non-hydrogen) atoms. The van der Waals surface area contributed by atoms with E-state index in [1.54, 1.807) is 31.1 Å². The predicted molar refractivity (Wildman–Crippen MR) is 96.2 cm³/mol. The number of anilines is 1. The zero-order valence-corrected chi connectivity index (χ0v) is 15.0. The number of amides is 1. The van der Waals surface area contributed by atoms with E-state index in [9.17, 15) is 9.18 Å². The maximum atomic E-state index is 13.9. The number of carbonyl (C=O) groups excluding carboxylic acids is 1. The first-order chi connectivity index (χ1) is 11.5. The average molecular weight is 336 g/mol. The van der Waals surface area contributed by atoms with Gasteiger partial charge in [-0.2, -0.15) is 0 Å². The summed E-state index contributed by atoms with van der Waals surface area (Å²) in [7, 11) is 3.55. The summed E-state index contributed by atoms with van der Waals surface area (Å²) in [4.78, 5) is 18.7. The topological polar surface area (TPSA) is 38.8 Å². The zero-order chi connectivity index (χ0) is 17.5. The predicted octanol–water partition coefficient (Wildman–Crippen LogP) is 1.65. The molecule has 1 amide bonds. The van der Waals surface area contributed by atoms with Crippen LogP contribution in [0.3, 0.4) is 0 Å². The maximum absolute atomic E-state index is 13.9. The molecule has 0 saturated carbocycles. The number of likely N-dealkylation sites (N-methyl/N-ethyl adjacent to an activating group) is 1. The zero-order valence-electron chi connectivity index (χ0n) is 15.0. The third-order valence-electron chi connectivity index (χ3n) is 4.54. The molecule has 0 atom stereocenters. The molecule has 0 aliphatic carbocycles. The van der Waals surface area contributed by atoms with Crippen molar-refractivity contribution in [1.29, 1.82) is 0 Å². The molecular weight excluding hydrogens is 307 g/mol. The van der Waals surface area contributed by atoms with Gasteiger partial charge in [0, 0.05) is 52.4 Å². The summed E-state index contributed by atoms with van der Waals surface area (Å²) < 4.78 is 13.9. The Morgan fingerprint density at radius 2 is 1.88 bits per heavy atom. The molecule has 2 rings (SSSR count). The monoisotopic (exact) mass is 336 g/mol. The molecule has 1 heterocycles. The minimum Gasteiger partial charge on any atom is -0.375 e. The van der Waals surface area contributed by atoms with Crippen LogP contribution < -0.4 is 10.2 Å². The average Bonchev–Trinajstić information content (AvgIpc) is 2.58. The van der Waals surface area contributed by atoms with Gasteiger partial charge in [-0.15, -0.1) is 0 Å². The Morgan fingerprint density at radius 1 is 1.21 bits per heavy atom. The van der Waals surface area contributed by atoms with Crippen molar-refractivity contribution in [3.8, 4) is 0 Å². The lowest BCUT2D eigenvalue weighted by Gasteiger charge is -2.33. The van der Waals surface area contributed by atoms with Crippen LogP contribution in [0.1, 0.15) is 23.7 Å². The fraction of sp³-hybridized carbons (Fsp3) is 0.611. The highest BCUT2D eigenvalue weighted by Crippen LogP contribution is 2.18. The standard InChI is InChI=1S/C18H29FN4O/c1-4-22-10-12-23(13-11-22)9-5-8-20-18(24)15-6-7-17(21(2)3)16(19)14-15/h6-7,14H,4-5,8-13H2,1-3H3,(H,20,24). The van der Waals surface area contributed by atoms with Crippen molar-refractivity contribution in [3.05, 3.63) is 29.6 Å². The summed E-state index contributed by atoms with van der Waals surface area (Å²) in [5, 5.41) is 2.88. The van der Waals surface area contributed by atoms with Crippen molar-refractivity contribution in [1.82, 2.24) is 15.1 Å². The van der Waals surface area contributed by atoms with E-state index in [-0.39, 0.29) is 11.7 Å². The first kappa shape index (κ1) is 18.7. The Balaban J connectivity index is 1.71. The fourth-order valence-electron chi connectivity index (χ4n) is 2.95. The van der Waals surface area contributed by atoms with Gasteiger partial charge in [0.15, 0.2) is 0 Å². The van der Waals surface area contributed by atoms with Crippen LogP contribution in [0.5, 0.6) is 0 Å². The van der Waals surface area contributed by atoms with Gasteiger partial charge in [0.05, 0.1) is 5.69 Å². The van der Waals surface area contributed by atoms with Crippen LogP contribution in [-0.4, -0.2) is 75.6 Å². The molecule has 5 nitrogen and oxygen atoms in total. The third kappa shape index (κ3) is 5.18. The van der Waals surface area contributed by atoms with Crippen LogP contribution >= 0.6 is 0 Å². The van der Waals surface area contributed by atoms with Crippen molar-refractivity contribution in [2.45, 2.75) is 13.3 Å². The van der Waals surface area contributed by atoms with Crippen molar-refractivity contribution in [3.63, 3.8) is 0 Å². The van der Waals surface area contributed by atoms with Crippen molar-refractivity contribution < 1.29 is 9.18 Å². The normalized spacial score (nSPS) is 16.2. The van der Waals surface area contributed by atoms with E-state index in [4.69, 9.17) is 0 Å². The van der Waals surface area contributed by atoms with E-state index in [2.05, 4.69) is 22.0 Å². The molecular formula is C18H29FN4O. The van der Waals surface area contributed by atoms with Gasteiger partial charge in [-0.1, -0.05) is 6.92 Å². The Kier molecular flexibility index (Phi) is 6.99. The highest BCUT2D eigenvalue weighted by atomic mass is 19.1. The van der Waals surface area contributed by atoms with Gasteiger partial charge in [-0.3, -0.25) is 4.79 Å². The fourth-order valence-corrected chi connectivity index (χ4v) is 2.95. The highest BCUT2D eigenvalue weighted by molar-refractivity contribution is 5.94. The van der Waals surface area contributed by atoms with Gasteiger partial charge in [-0.05, 0) is 37.7 Å². The van der Waals surface area contributed by atoms with Gasteiger partial charge >= 0.3 is 0 Å². The second-order valence-electron chi connectivity index (χ2n) is 6.45. The van der Waals surface area contributed by atoms with E-state index < -0.39 is 0 Å². The summed E-state index contributed by atoms with van der Waals surface area (Å²) in [6.07, 6.45) is 0.913. The molecule has 0 spiro atoms. The molecule has 0 bridgehead atoms. The molecule has 0 aromatic heterocycles. The van der Waals surface area contributed by atoms with Crippen LogP contribution in [0, 0.1) is 5.82 Å². The lowest BCUT2D eigenvalue weighted by atomic mass is 10.1. The maximum Gasteiger partial charge on any atom is 0.251 e. The highest BCUT2D eigenvalue weighted by Gasteiger charge is 2.15. The van der Waals surface area contributed by atoms with E-state index in [1.807, 2.05) is 0 Å². The number of rotatable bonds is 7. The molecule has 1 N–H and O–H groups in total.